The zero-order valence-corrected chi connectivity index (χ0v) is 13.6. The maximum atomic E-state index is 13.1. The van der Waals surface area contributed by atoms with Gasteiger partial charge in [0.05, 0.1) is 17.4 Å². The van der Waals surface area contributed by atoms with Gasteiger partial charge in [-0.05, 0) is 35.4 Å². The summed E-state index contributed by atoms with van der Waals surface area (Å²) < 4.78 is 76.5. The average molecular weight is 377 g/mol. The summed E-state index contributed by atoms with van der Waals surface area (Å²) in [7, 11) is -3.84. The highest BCUT2D eigenvalue weighted by Gasteiger charge is 2.30. The van der Waals surface area contributed by atoms with Crippen molar-refractivity contribution in [3.63, 3.8) is 0 Å². The maximum Gasteiger partial charge on any atom is 0.416 e. The van der Waals surface area contributed by atoms with Crippen molar-refractivity contribution in [2.75, 3.05) is 6.54 Å². The third-order valence-corrected chi connectivity index (χ3v) is 4.68. The molecule has 0 saturated carbocycles. The first kappa shape index (κ1) is 19.4. The summed E-state index contributed by atoms with van der Waals surface area (Å²) in [4.78, 5) is 0. The molecule has 0 aliphatic heterocycles. The third-order valence-electron chi connectivity index (χ3n) is 3.37. The zero-order valence-electron chi connectivity index (χ0n) is 12.8. The molecule has 25 heavy (non-hydrogen) atoms. The Kier molecular flexibility index (Phi) is 5.81. The molecule has 4 nitrogen and oxygen atoms in total. The van der Waals surface area contributed by atoms with Crippen LogP contribution in [0.1, 0.15) is 22.8 Å². The number of benzene rings is 2. The maximum absolute atomic E-state index is 13.1. The smallest absolute Gasteiger partial charge is 0.387 e. The van der Waals surface area contributed by atoms with E-state index in [9.17, 15) is 31.1 Å². The summed E-state index contributed by atoms with van der Waals surface area (Å²) >= 11 is 0. The van der Waals surface area contributed by atoms with Crippen molar-refractivity contribution in [3.8, 4) is 0 Å². The number of sulfonamides is 1. The van der Waals surface area contributed by atoms with E-state index in [4.69, 9.17) is 0 Å². The van der Waals surface area contributed by atoms with E-state index in [1.54, 1.807) is 0 Å². The Labute approximate surface area is 142 Å². The molecule has 9 heteroatoms. The van der Waals surface area contributed by atoms with Gasteiger partial charge in [-0.25, -0.2) is 17.5 Å². The summed E-state index contributed by atoms with van der Waals surface area (Å²) in [6.45, 7) is -0.414. The van der Waals surface area contributed by atoms with E-state index < -0.39 is 46.0 Å². The summed E-state index contributed by atoms with van der Waals surface area (Å²) in [6, 6.07) is 8.83. The van der Waals surface area contributed by atoms with Gasteiger partial charge in [0, 0.05) is 6.54 Å². The predicted molar refractivity (Wildman–Crippen MR) is 83.4 cm³/mol. The van der Waals surface area contributed by atoms with E-state index in [1.807, 2.05) is 0 Å². The Morgan fingerprint density at radius 2 is 1.72 bits per heavy atom. The van der Waals surface area contributed by atoms with E-state index in [-0.39, 0.29) is 11.1 Å². The van der Waals surface area contributed by atoms with Crippen LogP contribution in [0.2, 0.25) is 0 Å². The van der Waals surface area contributed by atoms with Crippen molar-refractivity contribution in [1.29, 1.82) is 0 Å². The third kappa shape index (κ3) is 5.80. The summed E-state index contributed by atoms with van der Waals surface area (Å²) in [5.74, 6) is -1.05. The van der Waals surface area contributed by atoms with Crippen LogP contribution in [0, 0.1) is 5.82 Å². The van der Waals surface area contributed by atoms with Crippen LogP contribution in [0.25, 0.3) is 0 Å². The first-order chi connectivity index (χ1) is 11.6. The fraction of sp³-hybridized carbons (Fsp3) is 0.250. The zero-order chi connectivity index (χ0) is 18.7. The molecule has 1 atom stereocenters. The minimum atomic E-state index is -4.49. The first-order valence-corrected chi connectivity index (χ1v) is 8.79. The fourth-order valence-electron chi connectivity index (χ4n) is 2.12. The Balaban J connectivity index is 1.97. The Morgan fingerprint density at radius 1 is 1.08 bits per heavy atom. The molecular formula is C16H15F4NO3S. The van der Waals surface area contributed by atoms with Crippen LogP contribution in [0.3, 0.4) is 0 Å². The molecule has 0 fully saturated rings. The Hall–Kier alpha value is -1.97. The molecule has 0 bridgehead atoms. The second-order valence-corrected chi connectivity index (χ2v) is 7.18. The molecule has 2 aromatic rings. The van der Waals surface area contributed by atoms with Gasteiger partial charge in [-0.2, -0.15) is 13.2 Å². The van der Waals surface area contributed by atoms with Crippen LogP contribution in [-0.4, -0.2) is 20.1 Å². The summed E-state index contributed by atoms with van der Waals surface area (Å²) in [6.07, 6.45) is -5.81. The lowest BCUT2D eigenvalue weighted by Gasteiger charge is -2.14. The highest BCUT2D eigenvalue weighted by atomic mass is 32.2. The minimum absolute atomic E-state index is 0.140. The van der Waals surface area contributed by atoms with Crippen LogP contribution >= 0.6 is 0 Å². The molecule has 0 amide bonds. The Morgan fingerprint density at radius 3 is 2.28 bits per heavy atom. The highest BCUT2D eigenvalue weighted by Crippen LogP contribution is 2.29. The van der Waals surface area contributed by atoms with Gasteiger partial charge < -0.3 is 5.11 Å². The minimum Gasteiger partial charge on any atom is -0.387 e. The molecule has 0 aromatic heterocycles. The van der Waals surface area contributed by atoms with Gasteiger partial charge in [-0.15, -0.1) is 0 Å². The predicted octanol–water partition coefficient (Wildman–Crippen LogP) is 3.00. The second-order valence-electron chi connectivity index (χ2n) is 5.37. The number of halogens is 4. The quantitative estimate of drug-likeness (QED) is 0.761. The van der Waals surface area contributed by atoms with Gasteiger partial charge in [0.1, 0.15) is 5.82 Å². The lowest BCUT2D eigenvalue weighted by Crippen LogP contribution is -2.29. The molecule has 0 heterocycles. The Bertz CT molecular complexity index is 820. The van der Waals surface area contributed by atoms with E-state index in [0.717, 1.165) is 30.3 Å². The van der Waals surface area contributed by atoms with Gasteiger partial charge in [-0.1, -0.05) is 24.3 Å². The summed E-state index contributed by atoms with van der Waals surface area (Å²) in [5.41, 5.74) is -0.492. The number of aliphatic hydroxyl groups is 1. The molecule has 136 valence electrons. The van der Waals surface area contributed by atoms with Crippen molar-refractivity contribution >= 4 is 10.0 Å². The van der Waals surface area contributed by atoms with Gasteiger partial charge >= 0.3 is 6.18 Å². The monoisotopic (exact) mass is 377 g/mol. The molecule has 2 N–H and O–H groups in total. The molecule has 0 aliphatic carbocycles. The first-order valence-electron chi connectivity index (χ1n) is 7.14. The lowest BCUT2D eigenvalue weighted by molar-refractivity contribution is -0.137. The van der Waals surface area contributed by atoms with E-state index >= 15 is 0 Å². The normalized spacial score (nSPS) is 13.6. The largest absolute Gasteiger partial charge is 0.416 e. The molecule has 0 aliphatic rings. The van der Waals surface area contributed by atoms with Crippen LogP contribution in [0.4, 0.5) is 17.6 Å². The van der Waals surface area contributed by atoms with Crippen LogP contribution in [0.5, 0.6) is 0 Å². The van der Waals surface area contributed by atoms with Crippen molar-refractivity contribution < 1.29 is 31.1 Å². The molecule has 0 spiro atoms. The number of alkyl halides is 3. The molecule has 2 aromatic carbocycles. The number of nitrogens with one attached hydrogen (secondary N) is 1. The van der Waals surface area contributed by atoms with E-state index in [1.165, 1.54) is 18.2 Å². The van der Waals surface area contributed by atoms with Gasteiger partial charge in [0.15, 0.2) is 0 Å². The van der Waals surface area contributed by atoms with Crippen molar-refractivity contribution in [2.45, 2.75) is 18.0 Å². The van der Waals surface area contributed by atoms with Crippen LogP contribution < -0.4 is 4.72 Å². The average Bonchev–Trinajstić information content (AvgIpc) is 2.51. The van der Waals surface area contributed by atoms with Gasteiger partial charge in [-0.3, -0.25) is 0 Å². The molecule has 0 unspecified atom stereocenters. The van der Waals surface area contributed by atoms with Crippen molar-refractivity contribution in [1.82, 2.24) is 4.72 Å². The molecule has 0 radical (unpaired) electrons. The van der Waals surface area contributed by atoms with Crippen LogP contribution in [0.15, 0.2) is 48.5 Å². The van der Waals surface area contributed by atoms with Crippen molar-refractivity contribution in [2.24, 2.45) is 0 Å². The lowest BCUT2D eigenvalue weighted by atomic mass is 10.1. The van der Waals surface area contributed by atoms with Gasteiger partial charge in [0.25, 0.3) is 0 Å². The molecule has 2 rings (SSSR count). The number of hydrogen-bond acceptors (Lipinski definition) is 3. The number of rotatable bonds is 6. The molecule has 0 saturated heterocycles. The number of aliphatic hydroxyl groups excluding tert-OH is 1. The van der Waals surface area contributed by atoms with E-state index in [0.29, 0.717) is 0 Å². The fourth-order valence-corrected chi connectivity index (χ4v) is 3.25. The van der Waals surface area contributed by atoms with Gasteiger partial charge in [0.2, 0.25) is 10.0 Å². The SMILES string of the molecule is O=S(=O)(Cc1cccc(F)c1)NC[C@@H](O)c1ccc(C(F)(F)F)cc1. The van der Waals surface area contributed by atoms with Crippen LogP contribution in [-0.2, 0) is 22.0 Å². The number of hydrogen-bond donors (Lipinski definition) is 2. The molecular weight excluding hydrogens is 362 g/mol. The second kappa shape index (κ2) is 7.51. The summed E-state index contributed by atoms with van der Waals surface area (Å²) in [5, 5.41) is 9.92. The highest BCUT2D eigenvalue weighted by molar-refractivity contribution is 7.88. The standard InChI is InChI=1S/C16H15F4NO3S/c17-14-3-1-2-11(8-14)10-25(23,24)21-9-15(22)12-4-6-13(7-5-12)16(18,19)20/h1-8,15,21-22H,9-10H2/t15-/m1/s1. The van der Waals surface area contributed by atoms with Crippen molar-refractivity contribution in [3.05, 3.63) is 71.0 Å². The topological polar surface area (TPSA) is 66.4 Å². The van der Waals surface area contributed by atoms with E-state index in [2.05, 4.69) is 4.72 Å².